The molecule has 0 bridgehead atoms. The van der Waals surface area contributed by atoms with E-state index >= 15 is 0 Å². The fraction of sp³-hybridized carbons (Fsp3) is 0.444. The molecule has 0 unspecified atom stereocenters. The molecule has 1 rings (SSSR count). The molecule has 0 aliphatic heterocycles. The molecule has 0 aromatic carbocycles. The van der Waals surface area contributed by atoms with Gasteiger partial charge in [0.2, 0.25) is 0 Å². The Bertz CT molecular complexity index is 343. The average Bonchev–Trinajstić information content (AvgIpc) is 2.44. The quantitative estimate of drug-likeness (QED) is 0.591. The molecule has 0 fully saturated rings. The molecule has 1 aromatic heterocycles. The highest BCUT2D eigenvalue weighted by Gasteiger charge is 2.06. The van der Waals surface area contributed by atoms with Crippen LogP contribution in [0.2, 0.25) is 5.02 Å². The second kappa shape index (κ2) is 4.37. The van der Waals surface area contributed by atoms with Gasteiger partial charge in [-0.3, -0.25) is 4.99 Å². The van der Waals surface area contributed by atoms with Crippen molar-refractivity contribution in [2.75, 3.05) is 14.1 Å². The predicted octanol–water partition coefficient (Wildman–Crippen LogP) is 1.05. The Labute approximate surface area is 89.0 Å². The van der Waals surface area contributed by atoms with Gasteiger partial charge in [-0.05, 0) is 6.07 Å². The number of hydrogen-bond acceptors (Lipinski definition) is 1. The number of rotatable bonds is 2. The van der Waals surface area contributed by atoms with Crippen molar-refractivity contribution in [3.63, 3.8) is 0 Å². The number of aliphatic imine (C=N–C) groups is 1. The summed E-state index contributed by atoms with van der Waals surface area (Å²) in [4.78, 5) is 5.77. The predicted molar refractivity (Wildman–Crippen MR) is 59.4 cm³/mol. The molecule has 0 saturated carbocycles. The summed E-state index contributed by atoms with van der Waals surface area (Å²) in [7, 11) is 5.52. The van der Waals surface area contributed by atoms with E-state index in [0.717, 1.165) is 10.7 Å². The minimum absolute atomic E-state index is 0.516. The lowest BCUT2D eigenvalue weighted by Crippen LogP contribution is -2.33. The van der Waals surface area contributed by atoms with Crippen LogP contribution in [0.15, 0.2) is 17.3 Å². The SMILES string of the molecule is CN=C(N)N(C)Cc1cc(Cl)cn1C. The molecule has 4 nitrogen and oxygen atoms in total. The van der Waals surface area contributed by atoms with Gasteiger partial charge in [0.15, 0.2) is 5.96 Å². The number of guanidine groups is 1. The molecule has 0 saturated heterocycles. The van der Waals surface area contributed by atoms with Crippen LogP contribution >= 0.6 is 11.6 Å². The topological polar surface area (TPSA) is 46.5 Å². The summed E-state index contributed by atoms with van der Waals surface area (Å²) in [6.45, 7) is 0.701. The molecular formula is C9H15ClN4. The van der Waals surface area contributed by atoms with E-state index in [-0.39, 0.29) is 0 Å². The van der Waals surface area contributed by atoms with Crippen LogP contribution < -0.4 is 5.73 Å². The summed E-state index contributed by atoms with van der Waals surface area (Å²) in [6.07, 6.45) is 1.87. The van der Waals surface area contributed by atoms with Crippen molar-refractivity contribution in [1.82, 2.24) is 9.47 Å². The Hall–Kier alpha value is -1.16. The molecule has 1 heterocycles. The minimum Gasteiger partial charge on any atom is -0.370 e. The Morgan fingerprint density at radius 3 is 2.79 bits per heavy atom. The highest BCUT2D eigenvalue weighted by molar-refractivity contribution is 6.30. The van der Waals surface area contributed by atoms with Crippen molar-refractivity contribution in [3.05, 3.63) is 23.0 Å². The van der Waals surface area contributed by atoms with Crippen LogP contribution in [0, 0.1) is 0 Å². The first-order valence-electron chi connectivity index (χ1n) is 4.28. The fourth-order valence-electron chi connectivity index (χ4n) is 1.22. The lowest BCUT2D eigenvalue weighted by Gasteiger charge is -2.17. The Balaban J connectivity index is 2.74. The van der Waals surface area contributed by atoms with Gasteiger partial charge in [-0.1, -0.05) is 11.6 Å². The van der Waals surface area contributed by atoms with Crippen molar-refractivity contribution >= 4 is 17.6 Å². The molecule has 0 atom stereocenters. The minimum atomic E-state index is 0.516. The lowest BCUT2D eigenvalue weighted by atomic mass is 10.4. The molecule has 2 N–H and O–H groups in total. The maximum absolute atomic E-state index is 5.86. The molecular weight excluding hydrogens is 200 g/mol. The Morgan fingerprint density at radius 2 is 2.36 bits per heavy atom. The lowest BCUT2D eigenvalue weighted by molar-refractivity contribution is 0.477. The molecule has 14 heavy (non-hydrogen) atoms. The van der Waals surface area contributed by atoms with Gasteiger partial charge in [0.1, 0.15) is 0 Å². The highest BCUT2D eigenvalue weighted by Crippen LogP contribution is 2.13. The van der Waals surface area contributed by atoms with E-state index in [1.54, 1.807) is 7.05 Å². The van der Waals surface area contributed by atoms with E-state index in [0.29, 0.717) is 12.5 Å². The molecule has 0 aliphatic rings. The van der Waals surface area contributed by atoms with Gasteiger partial charge in [0.05, 0.1) is 11.6 Å². The van der Waals surface area contributed by atoms with Gasteiger partial charge in [0.25, 0.3) is 0 Å². The third kappa shape index (κ3) is 2.42. The summed E-state index contributed by atoms with van der Waals surface area (Å²) in [5.74, 6) is 0.516. The molecule has 0 amide bonds. The van der Waals surface area contributed by atoms with Crippen molar-refractivity contribution in [3.8, 4) is 0 Å². The zero-order valence-corrected chi connectivity index (χ0v) is 9.41. The standard InChI is InChI=1S/C9H15ClN4/c1-12-9(11)14(3)6-8-4-7(10)5-13(8)2/h4-5H,6H2,1-3H3,(H2,11,12). The number of aromatic nitrogens is 1. The molecule has 0 aliphatic carbocycles. The van der Waals surface area contributed by atoms with Gasteiger partial charge in [-0.15, -0.1) is 0 Å². The van der Waals surface area contributed by atoms with Gasteiger partial charge < -0.3 is 15.2 Å². The third-order valence-corrected chi connectivity index (χ3v) is 2.30. The van der Waals surface area contributed by atoms with Crippen LogP contribution in [-0.2, 0) is 13.6 Å². The van der Waals surface area contributed by atoms with Gasteiger partial charge in [-0.2, -0.15) is 0 Å². The zero-order chi connectivity index (χ0) is 10.7. The van der Waals surface area contributed by atoms with Crippen LogP contribution in [0.5, 0.6) is 0 Å². The largest absolute Gasteiger partial charge is 0.370 e. The van der Waals surface area contributed by atoms with E-state index in [1.807, 2.05) is 35.8 Å². The second-order valence-electron chi connectivity index (χ2n) is 3.20. The fourth-order valence-corrected chi connectivity index (χ4v) is 1.49. The van der Waals surface area contributed by atoms with E-state index in [9.17, 15) is 0 Å². The second-order valence-corrected chi connectivity index (χ2v) is 3.63. The van der Waals surface area contributed by atoms with Crippen molar-refractivity contribution in [2.45, 2.75) is 6.54 Å². The summed E-state index contributed by atoms with van der Waals surface area (Å²) in [6, 6.07) is 1.92. The van der Waals surface area contributed by atoms with Gasteiger partial charge in [-0.25, -0.2) is 0 Å². The first-order valence-corrected chi connectivity index (χ1v) is 4.66. The number of aryl methyl sites for hydroxylation is 1. The summed E-state index contributed by atoms with van der Waals surface area (Å²) in [5, 5.41) is 0.739. The number of hydrogen-bond donors (Lipinski definition) is 1. The molecule has 5 heteroatoms. The van der Waals surface area contributed by atoms with Gasteiger partial charge in [0, 0.05) is 33.0 Å². The smallest absolute Gasteiger partial charge is 0.191 e. The van der Waals surface area contributed by atoms with Crippen LogP contribution in [0.4, 0.5) is 0 Å². The molecule has 78 valence electrons. The summed E-state index contributed by atoms with van der Waals surface area (Å²) < 4.78 is 1.97. The third-order valence-electron chi connectivity index (χ3n) is 2.09. The molecule has 1 aromatic rings. The monoisotopic (exact) mass is 214 g/mol. The molecule has 0 spiro atoms. The van der Waals surface area contributed by atoms with Gasteiger partial charge >= 0.3 is 0 Å². The maximum atomic E-state index is 5.86. The highest BCUT2D eigenvalue weighted by atomic mass is 35.5. The van der Waals surface area contributed by atoms with E-state index < -0.39 is 0 Å². The van der Waals surface area contributed by atoms with E-state index in [4.69, 9.17) is 17.3 Å². The number of nitrogens with zero attached hydrogens (tertiary/aromatic N) is 3. The van der Waals surface area contributed by atoms with Crippen molar-refractivity contribution in [2.24, 2.45) is 17.8 Å². The maximum Gasteiger partial charge on any atom is 0.191 e. The normalized spacial score (nSPS) is 11.9. The first kappa shape index (κ1) is 10.9. The van der Waals surface area contributed by atoms with Crippen molar-refractivity contribution < 1.29 is 0 Å². The first-order chi connectivity index (χ1) is 6.54. The average molecular weight is 215 g/mol. The Kier molecular flexibility index (Phi) is 3.41. The van der Waals surface area contributed by atoms with Crippen LogP contribution in [0.25, 0.3) is 0 Å². The Morgan fingerprint density at radius 1 is 1.71 bits per heavy atom. The van der Waals surface area contributed by atoms with Crippen LogP contribution in [-0.4, -0.2) is 29.5 Å². The zero-order valence-electron chi connectivity index (χ0n) is 8.66. The van der Waals surface area contributed by atoms with E-state index in [1.165, 1.54) is 0 Å². The molecule has 0 radical (unpaired) electrons. The van der Waals surface area contributed by atoms with Crippen LogP contribution in [0.1, 0.15) is 5.69 Å². The number of halogens is 1. The van der Waals surface area contributed by atoms with Crippen molar-refractivity contribution in [1.29, 1.82) is 0 Å². The van der Waals surface area contributed by atoms with E-state index in [2.05, 4.69) is 4.99 Å². The summed E-state index contributed by atoms with van der Waals surface area (Å²) >= 11 is 5.86. The summed E-state index contributed by atoms with van der Waals surface area (Å²) in [5.41, 5.74) is 6.76. The number of nitrogens with two attached hydrogens (primary N) is 1. The van der Waals surface area contributed by atoms with Crippen LogP contribution in [0.3, 0.4) is 0 Å².